The third-order valence-electron chi connectivity index (χ3n) is 2.12. The highest BCUT2D eigenvalue weighted by Crippen LogP contribution is 2.09. The van der Waals surface area contributed by atoms with Gasteiger partial charge >= 0.3 is 5.97 Å². The number of rotatable bonds is 5. The normalized spacial score (nSPS) is 15.3. The van der Waals surface area contributed by atoms with Crippen molar-refractivity contribution in [1.29, 1.82) is 0 Å². The summed E-state index contributed by atoms with van der Waals surface area (Å²) in [6, 6.07) is 0. The van der Waals surface area contributed by atoms with Crippen molar-refractivity contribution in [3.63, 3.8) is 0 Å². The molecule has 0 fully saturated rings. The Bertz CT molecular complexity index is 118. The van der Waals surface area contributed by atoms with Crippen LogP contribution in [0.15, 0.2) is 0 Å². The minimum atomic E-state index is -0.0568. The first-order valence-corrected chi connectivity index (χ1v) is 4.79. The first-order chi connectivity index (χ1) is 5.60. The van der Waals surface area contributed by atoms with Crippen LogP contribution in [0.25, 0.3) is 0 Å². The van der Waals surface area contributed by atoms with Crippen molar-refractivity contribution >= 4 is 5.97 Å². The number of hydrogen-bond donors (Lipinski definition) is 0. The van der Waals surface area contributed by atoms with Gasteiger partial charge in [0, 0.05) is 6.42 Å². The van der Waals surface area contributed by atoms with Crippen LogP contribution in [0.5, 0.6) is 0 Å². The Morgan fingerprint density at radius 3 is 2.25 bits per heavy atom. The minimum absolute atomic E-state index is 0.0568. The number of esters is 1. The van der Waals surface area contributed by atoms with Gasteiger partial charge in [-0.15, -0.1) is 0 Å². The van der Waals surface area contributed by atoms with Crippen LogP contribution in [-0.2, 0) is 9.53 Å². The topological polar surface area (TPSA) is 26.3 Å². The lowest BCUT2D eigenvalue weighted by atomic mass is 10.1. The zero-order valence-electron chi connectivity index (χ0n) is 8.59. The Balaban J connectivity index is 3.59. The molecular formula is C10H20O2. The van der Waals surface area contributed by atoms with E-state index >= 15 is 0 Å². The highest BCUT2D eigenvalue weighted by molar-refractivity contribution is 5.69. The summed E-state index contributed by atoms with van der Waals surface area (Å²) >= 11 is 0. The molecule has 0 spiro atoms. The molecule has 0 saturated carbocycles. The van der Waals surface area contributed by atoms with Gasteiger partial charge in [-0.25, -0.2) is 0 Å². The quantitative estimate of drug-likeness (QED) is 0.596. The van der Waals surface area contributed by atoms with Gasteiger partial charge in [0.2, 0.25) is 0 Å². The zero-order chi connectivity index (χ0) is 9.56. The van der Waals surface area contributed by atoms with Gasteiger partial charge < -0.3 is 4.74 Å². The summed E-state index contributed by atoms with van der Waals surface area (Å²) in [5, 5.41) is 0. The van der Waals surface area contributed by atoms with E-state index in [0.29, 0.717) is 12.3 Å². The van der Waals surface area contributed by atoms with Crippen LogP contribution in [0.4, 0.5) is 0 Å². The molecule has 0 aromatic heterocycles. The van der Waals surface area contributed by atoms with E-state index in [9.17, 15) is 4.79 Å². The molecule has 12 heavy (non-hydrogen) atoms. The molecule has 0 bridgehead atoms. The summed E-state index contributed by atoms with van der Waals surface area (Å²) in [6.45, 7) is 8.09. The van der Waals surface area contributed by atoms with E-state index in [4.69, 9.17) is 4.74 Å². The van der Waals surface area contributed by atoms with Crippen molar-refractivity contribution in [1.82, 2.24) is 0 Å². The number of carbonyl (C=O) groups is 1. The molecule has 0 aliphatic heterocycles. The van der Waals surface area contributed by atoms with Gasteiger partial charge in [-0.1, -0.05) is 27.2 Å². The molecule has 0 N–H and O–H groups in total. The highest BCUT2D eigenvalue weighted by Gasteiger charge is 2.10. The van der Waals surface area contributed by atoms with Gasteiger partial charge in [0.05, 0.1) is 6.10 Å². The van der Waals surface area contributed by atoms with Crippen LogP contribution < -0.4 is 0 Å². The van der Waals surface area contributed by atoms with E-state index in [2.05, 4.69) is 13.8 Å². The molecule has 0 saturated heterocycles. The molecule has 0 aromatic carbocycles. The Morgan fingerprint density at radius 1 is 1.25 bits per heavy atom. The molecule has 0 radical (unpaired) electrons. The van der Waals surface area contributed by atoms with Crippen LogP contribution >= 0.6 is 0 Å². The van der Waals surface area contributed by atoms with Crippen LogP contribution in [0.2, 0.25) is 0 Å². The number of carbonyl (C=O) groups excluding carboxylic acids is 1. The average molecular weight is 172 g/mol. The molecule has 0 aromatic rings. The molecule has 0 aliphatic rings. The fourth-order valence-electron chi connectivity index (χ4n) is 0.785. The summed E-state index contributed by atoms with van der Waals surface area (Å²) in [5.41, 5.74) is 0. The summed E-state index contributed by atoms with van der Waals surface area (Å²) in [6.07, 6.45) is 2.56. The monoisotopic (exact) mass is 172 g/mol. The second-order valence-corrected chi connectivity index (χ2v) is 3.43. The molecular weight excluding hydrogens is 152 g/mol. The third kappa shape index (κ3) is 5.16. The van der Waals surface area contributed by atoms with Crippen molar-refractivity contribution in [2.24, 2.45) is 5.92 Å². The maximum Gasteiger partial charge on any atom is 0.306 e. The second-order valence-electron chi connectivity index (χ2n) is 3.43. The second kappa shape index (κ2) is 6.04. The van der Waals surface area contributed by atoms with Crippen molar-refractivity contribution in [2.45, 2.75) is 53.1 Å². The molecule has 1 unspecified atom stereocenters. The van der Waals surface area contributed by atoms with Gasteiger partial charge in [0.25, 0.3) is 0 Å². The van der Waals surface area contributed by atoms with Gasteiger partial charge in [-0.2, -0.15) is 0 Å². The maximum atomic E-state index is 11.2. The standard InChI is InChI=1S/C10H20O2/c1-5-8(3)7-10(11)12-9(4)6-2/h8-9H,5-7H2,1-4H3/t8?,9-/m0/s1. The summed E-state index contributed by atoms with van der Waals surface area (Å²) < 4.78 is 5.13. The van der Waals surface area contributed by atoms with Gasteiger partial charge in [-0.3, -0.25) is 4.79 Å². The van der Waals surface area contributed by atoms with Gasteiger partial charge in [-0.05, 0) is 19.3 Å². The Morgan fingerprint density at radius 2 is 1.83 bits per heavy atom. The number of hydrogen-bond acceptors (Lipinski definition) is 2. The van der Waals surface area contributed by atoms with E-state index in [0.717, 1.165) is 12.8 Å². The molecule has 2 heteroatoms. The van der Waals surface area contributed by atoms with E-state index < -0.39 is 0 Å². The highest BCUT2D eigenvalue weighted by atomic mass is 16.5. The molecule has 2 nitrogen and oxygen atoms in total. The van der Waals surface area contributed by atoms with Crippen molar-refractivity contribution < 1.29 is 9.53 Å². The largest absolute Gasteiger partial charge is 0.463 e. The summed E-state index contributed by atoms with van der Waals surface area (Å²) in [5.74, 6) is 0.389. The fraction of sp³-hybridized carbons (Fsp3) is 0.900. The molecule has 0 amide bonds. The van der Waals surface area contributed by atoms with Crippen LogP contribution in [0, 0.1) is 5.92 Å². The molecule has 0 rings (SSSR count). The van der Waals surface area contributed by atoms with E-state index in [1.807, 2.05) is 13.8 Å². The van der Waals surface area contributed by atoms with Gasteiger partial charge in [0.15, 0.2) is 0 Å². The minimum Gasteiger partial charge on any atom is -0.463 e. The first-order valence-electron chi connectivity index (χ1n) is 4.79. The molecule has 0 aliphatic carbocycles. The Hall–Kier alpha value is -0.530. The summed E-state index contributed by atoms with van der Waals surface area (Å²) in [4.78, 5) is 11.2. The van der Waals surface area contributed by atoms with E-state index in [1.165, 1.54) is 0 Å². The van der Waals surface area contributed by atoms with Crippen molar-refractivity contribution in [3.05, 3.63) is 0 Å². The fourth-order valence-corrected chi connectivity index (χ4v) is 0.785. The Kier molecular flexibility index (Phi) is 5.77. The SMILES string of the molecule is CCC(C)CC(=O)O[C@@H](C)CC. The lowest BCUT2D eigenvalue weighted by molar-refractivity contribution is -0.149. The van der Waals surface area contributed by atoms with E-state index in [-0.39, 0.29) is 12.1 Å². The molecule has 72 valence electrons. The van der Waals surface area contributed by atoms with Crippen LogP contribution in [0.1, 0.15) is 47.0 Å². The van der Waals surface area contributed by atoms with Gasteiger partial charge in [0.1, 0.15) is 0 Å². The predicted molar refractivity (Wildman–Crippen MR) is 49.9 cm³/mol. The summed E-state index contributed by atoms with van der Waals surface area (Å²) in [7, 11) is 0. The first kappa shape index (κ1) is 11.5. The third-order valence-corrected chi connectivity index (χ3v) is 2.12. The lowest BCUT2D eigenvalue weighted by Gasteiger charge is -2.12. The van der Waals surface area contributed by atoms with E-state index in [1.54, 1.807) is 0 Å². The lowest BCUT2D eigenvalue weighted by Crippen LogP contribution is -2.15. The van der Waals surface area contributed by atoms with Crippen molar-refractivity contribution in [2.75, 3.05) is 0 Å². The molecule has 2 atom stereocenters. The maximum absolute atomic E-state index is 11.2. The smallest absolute Gasteiger partial charge is 0.306 e. The average Bonchev–Trinajstić information content (AvgIpc) is 2.03. The van der Waals surface area contributed by atoms with Crippen LogP contribution in [0.3, 0.4) is 0 Å². The predicted octanol–water partition coefficient (Wildman–Crippen LogP) is 2.76. The zero-order valence-corrected chi connectivity index (χ0v) is 8.59. The van der Waals surface area contributed by atoms with Crippen LogP contribution in [-0.4, -0.2) is 12.1 Å². The molecule has 0 heterocycles. The Labute approximate surface area is 75.3 Å². The number of ether oxygens (including phenoxy) is 1. The van der Waals surface area contributed by atoms with Crippen molar-refractivity contribution in [3.8, 4) is 0 Å².